The predicted octanol–water partition coefficient (Wildman–Crippen LogP) is 0.888. The van der Waals surface area contributed by atoms with E-state index in [2.05, 4.69) is 10.6 Å². The van der Waals surface area contributed by atoms with Gasteiger partial charge in [0, 0.05) is 12.3 Å². The summed E-state index contributed by atoms with van der Waals surface area (Å²) in [7, 11) is 0. The molecule has 9 heteroatoms. The van der Waals surface area contributed by atoms with Crippen molar-refractivity contribution in [2.45, 2.75) is 32.7 Å². The zero-order chi connectivity index (χ0) is 21.1. The second-order valence-electron chi connectivity index (χ2n) is 6.56. The van der Waals surface area contributed by atoms with E-state index < -0.39 is 36.2 Å². The first-order chi connectivity index (χ1) is 13.2. The maximum atomic E-state index is 12.4. The highest BCUT2D eigenvalue weighted by Gasteiger charge is 2.30. The van der Waals surface area contributed by atoms with Gasteiger partial charge in [-0.15, -0.1) is 0 Å². The van der Waals surface area contributed by atoms with Crippen molar-refractivity contribution in [2.75, 3.05) is 13.2 Å². The number of nitrogens with one attached hydrogen (secondary N) is 2. The van der Waals surface area contributed by atoms with Crippen LogP contribution in [0.15, 0.2) is 30.3 Å². The number of carbonyl (C=O) groups is 4. The van der Waals surface area contributed by atoms with Gasteiger partial charge in [-0.05, 0) is 18.1 Å². The van der Waals surface area contributed by atoms with Crippen LogP contribution < -0.4 is 15.4 Å². The lowest BCUT2D eigenvalue weighted by molar-refractivity contribution is -0.148. The van der Waals surface area contributed by atoms with E-state index in [1.165, 1.54) is 0 Å². The van der Waals surface area contributed by atoms with Gasteiger partial charge in [0.15, 0.2) is 0 Å². The summed E-state index contributed by atoms with van der Waals surface area (Å²) in [5, 5.41) is 22.6. The molecule has 0 radical (unpaired) electrons. The molecule has 0 saturated carbocycles. The molecule has 9 nitrogen and oxygen atoms in total. The van der Waals surface area contributed by atoms with Gasteiger partial charge in [-0.1, -0.05) is 32.0 Å². The molecule has 0 saturated heterocycles. The molecule has 4 N–H and O–H groups in total. The lowest BCUT2D eigenvalue weighted by atomic mass is 9.91. The van der Waals surface area contributed by atoms with E-state index in [1.807, 2.05) is 18.2 Å². The van der Waals surface area contributed by atoms with Crippen molar-refractivity contribution in [3.05, 3.63) is 30.3 Å². The standard InChI is InChI=1S/C19H26N2O7/c1-12(2)14(18(25)21-15(19(26)27)11-17(23)24)10-16(22)20-8-9-28-13-6-4-3-5-7-13/h3-7,12,14-15H,8-11H2,1-2H3,(H,20,22)(H,21,25)(H,23,24)(H,26,27)/t14-,15-/m0/s1. The van der Waals surface area contributed by atoms with Gasteiger partial charge < -0.3 is 25.6 Å². The largest absolute Gasteiger partial charge is 0.492 e. The Hall–Kier alpha value is -3.10. The smallest absolute Gasteiger partial charge is 0.326 e. The maximum absolute atomic E-state index is 12.4. The van der Waals surface area contributed by atoms with Crippen LogP contribution >= 0.6 is 0 Å². The number of hydrogen-bond donors (Lipinski definition) is 4. The van der Waals surface area contributed by atoms with Crippen molar-refractivity contribution in [2.24, 2.45) is 11.8 Å². The van der Waals surface area contributed by atoms with E-state index >= 15 is 0 Å². The summed E-state index contributed by atoms with van der Waals surface area (Å²) in [6.07, 6.45) is -0.886. The first-order valence-electron chi connectivity index (χ1n) is 8.90. The fourth-order valence-electron chi connectivity index (χ4n) is 2.43. The summed E-state index contributed by atoms with van der Waals surface area (Å²) in [4.78, 5) is 46.3. The number of carboxylic acid groups (broad SMARTS) is 2. The molecule has 2 amide bonds. The van der Waals surface area contributed by atoms with Crippen molar-refractivity contribution in [3.63, 3.8) is 0 Å². The number of ether oxygens (including phenoxy) is 1. The summed E-state index contributed by atoms with van der Waals surface area (Å²) < 4.78 is 5.46. The van der Waals surface area contributed by atoms with Gasteiger partial charge >= 0.3 is 11.9 Å². The summed E-state index contributed by atoms with van der Waals surface area (Å²) in [5.41, 5.74) is 0. The summed E-state index contributed by atoms with van der Waals surface area (Å²) in [5.74, 6) is -4.19. The lowest BCUT2D eigenvalue weighted by Gasteiger charge is -2.22. The zero-order valence-corrected chi connectivity index (χ0v) is 15.9. The number of carbonyl (C=O) groups excluding carboxylic acids is 2. The molecular weight excluding hydrogens is 368 g/mol. The molecule has 0 aromatic heterocycles. The molecule has 1 rings (SSSR count). The van der Waals surface area contributed by atoms with Gasteiger partial charge in [0.1, 0.15) is 18.4 Å². The van der Waals surface area contributed by atoms with Gasteiger partial charge in [0.25, 0.3) is 0 Å². The molecule has 0 heterocycles. The summed E-state index contributed by atoms with van der Waals surface area (Å²) >= 11 is 0. The number of para-hydroxylation sites is 1. The van der Waals surface area contributed by atoms with Gasteiger partial charge in [-0.25, -0.2) is 4.79 Å². The molecule has 1 aromatic carbocycles. The van der Waals surface area contributed by atoms with E-state index in [0.29, 0.717) is 5.75 Å². The van der Waals surface area contributed by atoms with Crippen LogP contribution in [0.4, 0.5) is 0 Å². The molecule has 2 atom stereocenters. The van der Waals surface area contributed by atoms with Gasteiger partial charge in [0.2, 0.25) is 11.8 Å². The third kappa shape index (κ3) is 8.52. The first kappa shape index (κ1) is 22.9. The number of amides is 2. The van der Waals surface area contributed by atoms with E-state index in [0.717, 1.165) is 0 Å². The quantitative estimate of drug-likeness (QED) is 0.386. The maximum Gasteiger partial charge on any atom is 0.326 e. The Kier molecular flexibility index (Phi) is 9.49. The monoisotopic (exact) mass is 394 g/mol. The Bertz CT molecular complexity index is 676. The van der Waals surface area contributed by atoms with Gasteiger partial charge in [-0.2, -0.15) is 0 Å². The lowest BCUT2D eigenvalue weighted by Crippen LogP contribution is -2.46. The van der Waals surface area contributed by atoms with Crippen LogP contribution in [0.25, 0.3) is 0 Å². The van der Waals surface area contributed by atoms with Crippen molar-refractivity contribution in [1.29, 1.82) is 0 Å². The Balaban J connectivity index is 2.50. The minimum Gasteiger partial charge on any atom is -0.492 e. The minimum atomic E-state index is -1.55. The third-order valence-corrected chi connectivity index (χ3v) is 3.98. The molecule has 0 unspecified atom stereocenters. The molecule has 0 fully saturated rings. The van der Waals surface area contributed by atoms with Crippen LogP contribution in [0.5, 0.6) is 5.75 Å². The van der Waals surface area contributed by atoms with Crippen molar-refractivity contribution < 1.29 is 34.1 Å². The van der Waals surface area contributed by atoms with Crippen LogP contribution in [0.1, 0.15) is 26.7 Å². The number of aliphatic carboxylic acids is 2. The Morgan fingerprint density at radius 3 is 2.21 bits per heavy atom. The first-order valence-corrected chi connectivity index (χ1v) is 8.90. The normalized spacial score (nSPS) is 12.7. The number of carboxylic acids is 2. The van der Waals surface area contributed by atoms with E-state index in [9.17, 15) is 19.2 Å². The molecule has 1 aromatic rings. The third-order valence-electron chi connectivity index (χ3n) is 3.98. The Morgan fingerprint density at radius 1 is 1.04 bits per heavy atom. The average Bonchev–Trinajstić information content (AvgIpc) is 2.62. The number of benzene rings is 1. The molecule has 154 valence electrons. The highest BCUT2D eigenvalue weighted by molar-refractivity contribution is 5.90. The minimum absolute atomic E-state index is 0.145. The molecule has 0 aliphatic heterocycles. The van der Waals surface area contributed by atoms with Crippen LogP contribution in [-0.4, -0.2) is 53.2 Å². The van der Waals surface area contributed by atoms with Crippen molar-refractivity contribution >= 4 is 23.8 Å². The van der Waals surface area contributed by atoms with Crippen LogP contribution in [0, 0.1) is 11.8 Å². The van der Waals surface area contributed by atoms with Crippen LogP contribution in [0.3, 0.4) is 0 Å². The van der Waals surface area contributed by atoms with Gasteiger partial charge in [0.05, 0.1) is 13.0 Å². The van der Waals surface area contributed by atoms with Gasteiger partial charge in [-0.3, -0.25) is 14.4 Å². The van der Waals surface area contributed by atoms with Crippen molar-refractivity contribution in [3.8, 4) is 5.75 Å². The van der Waals surface area contributed by atoms with E-state index in [1.54, 1.807) is 26.0 Å². The molecule has 28 heavy (non-hydrogen) atoms. The number of hydrogen-bond acceptors (Lipinski definition) is 5. The molecular formula is C19H26N2O7. The predicted molar refractivity (Wildman–Crippen MR) is 99.7 cm³/mol. The molecule has 0 bridgehead atoms. The van der Waals surface area contributed by atoms with Crippen LogP contribution in [0.2, 0.25) is 0 Å². The van der Waals surface area contributed by atoms with E-state index in [-0.39, 0.29) is 31.4 Å². The highest BCUT2D eigenvalue weighted by Crippen LogP contribution is 2.16. The fourth-order valence-corrected chi connectivity index (χ4v) is 2.43. The summed E-state index contributed by atoms with van der Waals surface area (Å²) in [6, 6.07) is 7.54. The topological polar surface area (TPSA) is 142 Å². The molecule has 0 aliphatic rings. The second-order valence-corrected chi connectivity index (χ2v) is 6.56. The summed E-state index contributed by atoms with van der Waals surface area (Å²) in [6.45, 7) is 3.96. The van der Waals surface area contributed by atoms with Crippen molar-refractivity contribution in [1.82, 2.24) is 10.6 Å². The second kappa shape index (κ2) is 11.6. The Morgan fingerprint density at radius 2 is 1.68 bits per heavy atom. The average molecular weight is 394 g/mol. The Labute approximate surface area is 163 Å². The van der Waals surface area contributed by atoms with E-state index in [4.69, 9.17) is 14.9 Å². The number of rotatable bonds is 12. The fraction of sp³-hybridized carbons (Fsp3) is 0.474. The molecule has 0 aliphatic carbocycles. The SMILES string of the molecule is CC(C)[C@H](CC(=O)NCCOc1ccccc1)C(=O)N[C@@H](CC(=O)O)C(=O)O. The molecule has 0 spiro atoms. The van der Waals surface area contributed by atoms with Crippen LogP contribution in [-0.2, 0) is 19.2 Å². The zero-order valence-electron chi connectivity index (χ0n) is 15.9. The highest BCUT2D eigenvalue weighted by atomic mass is 16.5.